The molecule has 4 aromatic rings. The van der Waals surface area contributed by atoms with Crippen molar-refractivity contribution in [2.24, 2.45) is 5.92 Å². The minimum absolute atomic E-state index is 0.00518. The van der Waals surface area contributed by atoms with E-state index in [1.54, 1.807) is 0 Å². The highest BCUT2D eigenvalue weighted by Gasteiger charge is 2.44. The van der Waals surface area contributed by atoms with Gasteiger partial charge in [-0.15, -0.1) is 0 Å². The number of hydrogen-bond acceptors (Lipinski definition) is 3. The first-order valence-electron chi connectivity index (χ1n) is 14.1. The molecular formula is C36H37FO3. The molecule has 1 heterocycles. The minimum Gasteiger partial charge on any atom is -0.488 e. The van der Waals surface area contributed by atoms with Gasteiger partial charge in [-0.2, -0.15) is 0 Å². The lowest BCUT2D eigenvalue weighted by Gasteiger charge is -2.42. The van der Waals surface area contributed by atoms with Crippen LogP contribution >= 0.6 is 0 Å². The number of halogens is 1. The van der Waals surface area contributed by atoms with E-state index in [9.17, 15) is 0 Å². The lowest BCUT2D eigenvalue weighted by molar-refractivity contribution is -0.167. The van der Waals surface area contributed by atoms with Gasteiger partial charge in [0.2, 0.25) is 0 Å². The topological polar surface area (TPSA) is 27.7 Å². The van der Waals surface area contributed by atoms with Gasteiger partial charge in [-0.05, 0) is 35.1 Å². The summed E-state index contributed by atoms with van der Waals surface area (Å²) >= 11 is 0. The molecule has 0 aromatic heterocycles. The van der Waals surface area contributed by atoms with Crippen molar-refractivity contribution in [1.82, 2.24) is 0 Å². The molecule has 5 rings (SSSR count). The number of rotatable bonds is 10. The third-order valence-corrected chi connectivity index (χ3v) is 7.61. The molecule has 3 nitrogen and oxygen atoms in total. The van der Waals surface area contributed by atoms with Crippen molar-refractivity contribution >= 4 is 5.83 Å². The second-order valence-electron chi connectivity index (χ2n) is 10.4. The molecule has 40 heavy (non-hydrogen) atoms. The molecule has 4 heteroatoms. The average Bonchev–Trinajstić information content (AvgIpc) is 3.01. The van der Waals surface area contributed by atoms with Crippen molar-refractivity contribution in [2.75, 3.05) is 0 Å². The summed E-state index contributed by atoms with van der Waals surface area (Å²) in [5.74, 6) is -0.159. The highest BCUT2D eigenvalue weighted by Crippen LogP contribution is 2.39. The lowest BCUT2D eigenvalue weighted by Crippen LogP contribution is -2.49. The fraction of sp³-hybridized carbons (Fsp3) is 0.278. The van der Waals surface area contributed by atoms with Gasteiger partial charge in [0.15, 0.2) is 11.6 Å². The Morgan fingerprint density at radius 1 is 0.700 bits per heavy atom. The summed E-state index contributed by atoms with van der Waals surface area (Å²) < 4.78 is 36.3. The van der Waals surface area contributed by atoms with Crippen molar-refractivity contribution in [3.05, 3.63) is 149 Å². The Bertz CT molecular complexity index is 1370. The van der Waals surface area contributed by atoms with Crippen LogP contribution < -0.4 is 0 Å². The molecule has 4 aromatic carbocycles. The highest BCUT2D eigenvalue weighted by atomic mass is 19.1. The Labute approximate surface area is 237 Å². The molecule has 1 fully saturated rings. The molecule has 0 N–H and O–H groups in total. The van der Waals surface area contributed by atoms with Gasteiger partial charge in [0.1, 0.15) is 12.2 Å². The smallest absolute Gasteiger partial charge is 0.171 e. The van der Waals surface area contributed by atoms with Gasteiger partial charge in [-0.1, -0.05) is 129 Å². The zero-order chi connectivity index (χ0) is 27.7. The van der Waals surface area contributed by atoms with E-state index >= 15 is 4.39 Å². The van der Waals surface area contributed by atoms with Crippen molar-refractivity contribution in [3.8, 4) is 0 Å². The standard InChI is InChI=1S/C36H37FO3/c1-3-32-26(2)34(38-24-28-17-9-5-10-18-28)36(39-25-29-19-11-6-12-20-29)35(40-32)33(37)31-22-14-13-21-30(31)23-27-15-7-4-8-16-27/h4-22,26,32,34,36H,3,23-25H2,1-2H3/t26-,32-,34+,36-/m1/s1. The second-order valence-corrected chi connectivity index (χ2v) is 10.4. The zero-order valence-electron chi connectivity index (χ0n) is 23.2. The van der Waals surface area contributed by atoms with Crippen LogP contribution in [0, 0.1) is 5.92 Å². The van der Waals surface area contributed by atoms with Gasteiger partial charge >= 0.3 is 0 Å². The van der Waals surface area contributed by atoms with E-state index in [-0.39, 0.29) is 29.7 Å². The third kappa shape index (κ3) is 6.70. The zero-order valence-corrected chi connectivity index (χ0v) is 23.2. The van der Waals surface area contributed by atoms with Gasteiger partial charge in [0.05, 0.1) is 19.3 Å². The number of hydrogen-bond donors (Lipinski definition) is 0. The van der Waals surface area contributed by atoms with Gasteiger partial charge < -0.3 is 14.2 Å². The molecule has 1 aliphatic rings. The maximum absolute atomic E-state index is 16.8. The van der Waals surface area contributed by atoms with Crippen molar-refractivity contribution < 1.29 is 18.6 Å². The van der Waals surface area contributed by atoms with E-state index < -0.39 is 6.10 Å². The van der Waals surface area contributed by atoms with E-state index in [1.807, 2.05) is 103 Å². The first-order chi connectivity index (χ1) is 19.6. The Kier molecular flexibility index (Phi) is 9.43. The molecule has 1 saturated heterocycles. The van der Waals surface area contributed by atoms with Crippen molar-refractivity contribution in [2.45, 2.75) is 58.2 Å². The fourth-order valence-corrected chi connectivity index (χ4v) is 5.38. The monoisotopic (exact) mass is 536 g/mol. The average molecular weight is 537 g/mol. The number of ether oxygens (including phenoxy) is 3. The predicted octanol–water partition coefficient (Wildman–Crippen LogP) is 8.53. The summed E-state index contributed by atoms with van der Waals surface area (Å²) in [5.41, 5.74) is 4.63. The maximum Gasteiger partial charge on any atom is 0.171 e. The molecule has 0 saturated carbocycles. The number of benzene rings is 4. The second kappa shape index (κ2) is 13.6. The molecule has 0 aliphatic carbocycles. The molecule has 0 radical (unpaired) electrons. The van der Waals surface area contributed by atoms with Crippen LogP contribution in [0.3, 0.4) is 0 Å². The molecule has 1 aliphatic heterocycles. The fourth-order valence-electron chi connectivity index (χ4n) is 5.38. The SMILES string of the molecule is CC[C@H]1OC(=C(F)c2ccccc2Cc2ccccc2)[C@H](OCc2ccccc2)[C@@H](OCc2ccccc2)[C@@H]1C. The van der Waals surface area contributed by atoms with Gasteiger partial charge in [-0.25, -0.2) is 4.39 Å². The molecule has 0 unspecified atom stereocenters. The van der Waals surface area contributed by atoms with E-state index in [0.717, 1.165) is 28.7 Å². The lowest BCUT2D eigenvalue weighted by atomic mass is 9.87. The third-order valence-electron chi connectivity index (χ3n) is 7.61. The van der Waals surface area contributed by atoms with Gasteiger partial charge in [-0.3, -0.25) is 0 Å². The van der Waals surface area contributed by atoms with E-state index in [2.05, 4.69) is 26.0 Å². The van der Waals surface area contributed by atoms with Crippen LogP contribution in [0.15, 0.2) is 121 Å². The molecule has 0 bridgehead atoms. The summed E-state index contributed by atoms with van der Waals surface area (Å²) in [6.07, 6.45) is 0.0742. The Morgan fingerprint density at radius 3 is 1.82 bits per heavy atom. The maximum atomic E-state index is 16.8. The Morgan fingerprint density at radius 2 is 1.23 bits per heavy atom. The van der Waals surface area contributed by atoms with Gasteiger partial charge in [0, 0.05) is 11.5 Å². The minimum atomic E-state index is -0.702. The van der Waals surface area contributed by atoms with E-state index in [4.69, 9.17) is 14.2 Å². The van der Waals surface area contributed by atoms with Crippen LogP contribution in [0.1, 0.15) is 48.1 Å². The highest BCUT2D eigenvalue weighted by molar-refractivity contribution is 5.66. The quantitative estimate of drug-likeness (QED) is 0.203. The first-order valence-corrected chi connectivity index (χ1v) is 14.1. The summed E-state index contributed by atoms with van der Waals surface area (Å²) in [4.78, 5) is 0. The van der Waals surface area contributed by atoms with Crippen LogP contribution in [0.4, 0.5) is 4.39 Å². The van der Waals surface area contributed by atoms with Crippen molar-refractivity contribution in [3.63, 3.8) is 0 Å². The normalized spacial score (nSPS) is 22.0. The summed E-state index contributed by atoms with van der Waals surface area (Å²) in [5, 5.41) is 0. The van der Waals surface area contributed by atoms with Crippen LogP contribution in [0.5, 0.6) is 0 Å². The van der Waals surface area contributed by atoms with E-state index in [1.165, 1.54) is 0 Å². The van der Waals surface area contributed by atoms with Crippen LogP contribution in [-0.4, -0.2) is 18.3 Å². The molecule has 4 atom stereocenters. The Balaban J connectivity index is 1.52. The Hall–Kier alpha value is -3.73. The van der Waals surface area contributed by atoms with Gasteiger partial charge in [0.25, 0.3) is 0 Å². The molecule has 0 amide bonds. The van der Waals surface area contributed by atoms with Crippen LogP contribution in [-0.2, 0) is 33.8 Å². The first kappa shape index (κ1) is 27.8. The summed E-state index contributed by atoms with van der Waals surface area (Å²) in [6, 6.07) is 37.8. The van der Waals surface area contributed by atoms with Crippen LogP contribution in [0.2, 0.25) is 0 Å². The predicted molar refractivity (Wildman–Crippen MR) is 158 cm³/mol. The summed E-state index contributed by atoms with van der Waals surface area (Å²) in [7, 11) is 0. The largest absolute Gasteiger partial charge is 0.488 e. The molecule has 206 valence electrons. The molecular weight excluding hydrogens is 499 g/mol. The summed E-state index contributed by atoms with van der Waals surface area (Å²) in [6.45, 7) is 4.92. The van der Waals surface area contributed by atoms with E-state index in [0.29, 0.717) is 25.2 Å². The molecule has 0 spiro atoms. The van der Waals surface area contributed by atoms with Crippen molar-refractivity contribution in [1.29, 1.82) is 0 Å². The van der Waals surface area contributed by atoms with Crippen LogP contribution in [0.25, 0.3) is 5.83 Å².